The fraction of sp³-hybridized carbons (Fsp3) is 0.471. The van der Waals surface area contributed by atoms with Crippen molar-refractivity contribution in [1.82, 2.24) is 5.32 Å². The summed E-state index contributed by atoms with van der Waals surface area (Å²) in [4.78, 5) is 11.7. The van der Waals surface area contributed by atoms with Gasteiger partial charge in [0.05, 0.1) is 0 Å². The molecule has 0 aromatic heterocycles. The fourth-order valence-electron chi connectivity index (χ4n) is 1.96. The summed E-state index contributed by atoms with van der Waals surface area (Å²) in [5.74, 6) is 0.336. The van der Waals surface area contributed by atoms with E-state index in [1.807, 2.05) is 45.0 Å². The lowest BCUT2D eigenvalue weighted by molar-refractivity contribution is 0.0519. The number of rotatable bonds is 6. The number of alkyl carbamates (subject to hydrolysis) is 1. The lowest BCUT2D eigenvalue weighted by Crippen LogP contribution is -2.35. The van der Waals surface area contributed by atoms with Crippen LogP contribution in [0.3, 0.4) is 0 Å². The van der Waals surface area contributed by atoms with E-state index in [0.29, 0.717) is 12.5 Å². The van der Waals surface area contributed by atoms with Gasteiger partial charge >= 0.3 is 6.09 Å². The molecule has 1 rings (SSSR count). The van der Waals surface area contributed by atoms with E-state index in [1.54, 1.807) is 0 Å². The average molecular weight is 275 g/mol. The van der Waals surface area contributed by atoms with Crippen LogP contribution >= 0.6 is 0 Å². The molecule has 0 fully saturated rings. The highest BCUT2D eigenvalue weighted by Gasteiger charge is 2.17. The first-order valence-corrected chi connectivity index (χ1v) is 7.02. The molecule has 1 N–H and O–H groups in total. The minimum atomic E-state index is -0.461. The van der Waals surface area contributed by atoms with Gasteiger partial charge in [-0.2, -0.15) is 0 Å². The van der Waals surface area contributed by atoms with E-state index in [2.05, 4.69) is 24.0 Å². The van der Waals surface area contributed by atoms with Crippen LogP contribution in [0.4, 0.5) is 4.79 Å². The first-order valence-electron chi connectivity index (χ1n) is 7.02. The second-order valence-electron chi connectivity index (χ2n) is 5.96. The number of ether oxygens (including phenoxy) is 1. The summed E-state index contributed by atoms with van der Waals surface area (Å²) in [7, 11) is 0. The van der Waals surface area contributed by atoms with Gasteiger partial charge in [-0.25, -0.2) is 4.79 Å². The summed E-state index contributed by atoms with van der Waals surface area (Å²) >= 11 is 0. The molecule has 3 heteroatoms. The molecule has 0 radical (unpaired) electrons. The number of amides is 1. The van der Waals surface area contributed by atoms with Crippen molar-refractivity contribution < 1.29 is 9.53 Å². The molecular weight excluding hydrogens is 250 g/mol. The quantitative estimate of drug-likeness (QED) is 0.798. The van der Waals surface area contributed by atoms with E-state index in [1.165, 1.54) is 5.56 Å². The van der Waals surface area contributed by atoms with Crippen LogP contribution < -0.4 is 5.32 Å². The molecule has 20 heavy (non-hydrogen) atoms. The number of hydrogen-bond acceptors (Lipinski definition) is 2. The van der Waals surface area contributed by atoms with E-state index in [9.17, 15) is 4.79 Å². The molecule has 110 valence electrons. The summed E-state index contributed by atoms with van der Waals surface area (Å²) in [6.45, 7) is 9.95. The highest BCUT2D eigenvalue weighted by Crippen LogP contribution is 2.13. The summed E-state index contributed by atoms with van der Waals surface area (Å²) in [6, 6.07) is 10.3. The molecule has 0 aliphatic carbocycles. The van der Waals surface area contributed by atoms with E-state index in [4.69, 9.17) is 4.74 Å². The number of carbonyl (C=O) groups excluding carboxylic acids is 1. The van der Waals surface area contributed by atoms with Gasteiger partial charge in [-0.15, -0.1) is 6.58 Å². The average Bonchev–Trinajstić information content (AvgIpc) is 2.35. The molecule has 1 unspecified atom stereocenters. The van der Waals surface area contributed by atoms with Gasteiger partial charge < -0.3 is 10.1 Å². The highest BCUT2D eigenvalue weighted by atomic mass is 16.6. The molecule has 1 atom stereocenters. The SMILES string of the molecule is C=CCC(CNC(=O)OC(C)(C)C)Cc1ccccc1. The van der Waals surface area contributed by atoms with Crippen LogP contribution in [0, 0.1) is 5.92 Å². The second-order valence-corrected chi connectivity index (χ2v) is 5.96. The van der Waals surface area contributed by atoms with Crippen molar-refractivity contribution in [2.24, 2.45) is 5.92 Å². The Bertz CT molecular complexity index is 420. The fourth-order valence-corrected chi connectivity index (χ4v) is 1.96. The predicted molar refractivity (Wildman–Crippen MR) is 82.7 cm³/mol. The van der Waals surface area contributed by atoms with Crippen molar-refractivity contribution in [2.45, 2.75) is 39.2 Å². The van der Waals surface area contributed by atoms with Gasteiger partial charge in [0.1, 0.15) is 5.60 Å². The molecule has 0 heterocycles. The van der Waals surface area contributed by atoms with Crippen LogP contribution in [0.25, 0.3) is 0 Å². The molecule has 1 amide bonds. The van der Waals surface area contributed by atoms with Crippen LogP contribution in [-0.4, -0.2) is 18.2 Å². The van der Waals surface area contributed by atoms with Crippen molar-refractivity contribution in [2.75, 3.05) is 6.54 Å². The third-order valence-electron chi connectivity index (χ3n) is 2.80. The van der Waals surface area contributed by atoms with Crippen LogP contribution in [0.5, 0.6) is 0 Å². The topological polar surface area (TPSA) is 38.3 Å². The third-order valence-corrected chi connectivity index (χ3v) is 2.80. The van der Waals surface area contributed by atoms with Gasteiger partial charge in [-0.05, 0) is 45.1 Å². The van der Waals surface area contributed by atoms with Crippen LogP contribution in [0.15, 0.2) is 43.0 Å². The number of allylic oxidation sites excluding steroid dienone is 1. The summed E-state index contributed by atoms with van der Waals surface area (Å²) < 4.78 is 5.24. The zero-order valence-corrected chi connectivity index (χ0v) is 12.7. The Kier molecular flexibility index (Phi) is 6.29. The molecule has 0 spiro atoms. The smallest absolute Gasteiger partial charge is 0.407 e. The van der Waals surface area contributed by atoms with Crippen LogP contribution in [-0.2, 0) is 11.2 Å². The second kappa shape index (κ2) is 7.73. The van der Waals surface area contributed by atoms with E-state index in [0.717, 1.165) is 12.8 Å². The van der Waals surface area contributed by atoms with E-state index >= 15 is 0 Å². The monoisotopic (exact) mass is 275 g/mol. The number of nitrogens with one attached hydrogen (secondary N) is 1. The zero-order chi connectivity index (χ0) is 15.0. The first kappa shape index (κ1) is 16.3. The van der Waals surface area contributed by atoms with Gasteiger partial charge in [0, 0.05) is 6.54 Å². The Morgan fingerprint density at radius 2 is 2.00 bits per heavy atom. The van der Waals surface area contributed by atoms with Crippen molar-refractivity contribution >= 4 is 6.09 Å². The third kappa shape index (κ3) is 6.98. The van der Waals surface area contributed by atoms with Gasteiger partial charge in [0.15, 0.2) is 0 Å². The van der Waals surface area contributed by atoms with Crippen molar-refractivity contribution in [3.05, 3.63) is 48.6 Å². The summed E-state index contributed by atoms with van der Waals surface area (Å²) in [6.07, 6.45) is 3.32. The van der Waals surface area contributed by atoms with Crippen molar-refractivity contribution in [3.63, 3.8) is 0 Å². The maximum Gasteiger partial charge on any atom is 0.407 e. The lowest BCUT2D eigenvalue weighted by Gasteiger charge is -2.21. The van der Waals surface area contributed by atoms with Gasteiger partial charge in [0.2, 0.25) is 0 Å². The minimum absolute atomic E-state index is 0.336. The molecule has 0 bridgehead atoms. The molecule has 1 aromatic carbocycles. The highest BCUT2D eigenvalue weighted by molar-refractivity contribution is 5.67. The van der Waals surface area contributed by atoms with Crippen LogP contribution in [0.1, 0.15) is 32.8 Å². The molecular formula is C17H25NO2. The molecule has 0 saturated carbocycles. The van der Waals surface area contributed by atoms with Crippen molar-refractivity contribution in [1.29, 1.82) is 0 Å². The molecule has 0 aliphatic heterocycles. The zero-order valence-electron chi connectivity index (χ0n) is 12.7. The first-order chi connectivity index (χ1) is 9.40. The molecule has 3 nitrogen and oxygen atoms in total. The molecule has 0 saturated heterocycles. The minimum Gasteiger partial charge on any atom is -0.444 e. The Balaban J connectivity index is 2.47. The van der Waals surface area contributed by atoms with E-state index < -0.39 is 5.60 Å². The van der Waals surface area contributed by atoms with Gasteiger partial charge in [-0.3, -0.25) is 0 Å². The Morgan fingerprint density at radius 1 is 1.35 bits per heavy atom. The predicted octanol–water partition coefficient (Wildman–Crippen LogP) is 3.95. The lowest BCUT2D eigenvalue weighted by atomic mass is 9.96. The maximum atomic E-state index is 11.7. The standard InChI is InChI=1S/C17H25NO2/c1-5-9-15(12-14-10-7-6-8-11-14)13-18-16(19)20-17(2,3)4/h5-8,10-11,15H,1,9,12-13H2,2-4H3,(H,18,19). The largest absolute Gasteiger partial charge is 0.444 e. The number of benzene rings is 1. The van der Waals surface area contributed by atoms with Crippen LogP contribution in [0.2, 0.25) is 0 Å². The molecule has 1 aromatic rings. The summed E-state index contributed by atoms with van der Waals surface area (Å²) in [5, 5.41) is 2.84. The van der Waals surface area contributed by atoms with Crippen molar-refractivity contribution in [3.8, 4) is 0 Å². The van der Waals surface area contributed by atoms with Gasteiger partial charge in [0.25, 0.3) is 0 Å². The Hall–Kier alpha value is -1.77. The maximum absolute atomic E-state index is 11.7. The Labute approximate surface area is 122 Å². The summed E-state index contributed by atoms with van der Waals surface area (Å²) in [5.41, 5.74) is 0.808. The Morgan fingerprint density at radius 3 is 2.55 bits per heavy atom. The van der Waals surface area contributed by atoms with E-state index in [-0.39, 0.29) is 6.09 Å². The normalized spacial score (nSPS) is 12.6. The van der Waals surface area contributed by atoms with Gasteiger partial charge in [-0.1, -0.05) is 36.4 Å². The molecule has 0 aliphatic rings. The number of carbonyl (C=O) groups is 1. The number of hydrogen-bond donors (Lipinski definition) is 1.